The van der Waals surface area contributed by atoms with Gasteiger partial charge in [0.1, 0.15) is 6.54 Å². The van der Waals surface area contributed by atoms with E-state index in [9.17, 15) is 9.59 Å². The van der Waals surface area contributed by atoms with Crippen LogP contribution in [0.15, 0.2) is 48.5 Å². The van der Waals surface area contributed by atoms with Gasteiger partial charge in [0, 0.05) is 23.8 Å². The highest BCUT2D eigenvalue weighted by Gasteiger charge is 2.38. The summed E-state index contributed by atoms with van der Waals surface area (Å²) < 4.78 is 0. The predicted octanol–water partition coefficient (Wildman–Crippen LogP) is 3.31. The van der Waals surface area contributed by atoms with Crippen molar-refractivity contribution in [3.8, 4) is 0 Å². The first-order valence-corrected chi connectivity index (χ1v) is 8.68. The first kappa shape index (κ1) is 16.0. The van der Waals surface area contributed by atoms with Crippen LogP contribution in [-0.4, -0.2) is 41.4 Å². The molecule has 2 aromatic rings. The quantitative estimate of drug-likeness (QED) is 0.853. The van der Waals surface area contributed by atoms with Crippen LogP contribution in [0.5, 0.6) is 0 Å². The van der Waals surface area contributed by atoms with Crippen LogP contribution in [0.2, 0.25) is 5.02 Å². The summed E-state index contributed by atoms with van der Waals surface area (Å²) in [4.78, 5) is 28.6. The Morgan fingerprint density at radius 1 is 1.12 bits per heavy atom. The van der Waals surface area contributed by atoms with Crippen LogP contribution >= 0.6 is 11.6 Å². The summed E-state index contributed by atoms with van der Waals surface area (Å²) in [5, 5.41) is 3.45. The lowest BCUT2D eigenvalue weighted by Gasteiger charge is -2.44. The van der Waals surface area contributed by atoms with Gasteiger partial charge in [-0.15, -0.1) is 0 Å². The molecular formula is C19H18ClN3O2. The summed E-state index contributed by atoms with van der Waals surface area (Å²) in [5.41, 5.74) is 3.07. The molecule has 0 aliphatic carbocycles. The maximum Gasteiger partial charge on any atom is 0.322 e. The van der Waals surface area contributed by atoms with E-state index >= 15 is 0 Å². The molecule has 1 fully saturated rings. The molecule has 2 heterocycles. The molecule has 2 aliphatic heterocycles. The van der Waals surface area contributed by atoms with Gasteiger partial charge >= 0.3 is 6.03 Å². The van der Waals surface area contributed by atoms with E-state index in [4.69, 9.17) is 11.6 Å². The molecule has 4 rings (SSSR count). The monoisotopic (exact) mass is 355 g/mol. The normalized spacial score (nSPS) is 19.2. The summed E-state index contributed by atoms with van der Waals surface area (Å²) in [7, 11) is 0. The molecule has 6 heteroatoms. The Labute approximate surface area is 151 Å². The number of rotatable bonds is 1. The lowest BCUT2D eigenvalue weighted by molar-refractivity contribution is -0.139. The van der Waals surface area contributed by atoms with Crippen molar-refractivity contribution >= 4 is 29.2 Å². The number of hydrogen-bond acceptors (Lipinski definition) is 2. The minimum atomic E-state index is -0.265. The minimum absolute atomic E-state index is 0.00277. The third-order valence-corrected chi connectivity index (χ3v) is 5.09. The number of nitrogens with zero attached hydrogens (tertiary/aromatic N) is 2. The summed E-state index contributed by atoms with van der Waals surface area (Å²) >= 11 is 5.87. The number of fused-ring (bicyclic) bond motifs is 3. The highest BCUT2D eigenvalue weighted by Crippen LogP contribution is 2.33. The smallest absolute Gasteiger partial charge is 0.322 e. The molecule has 1 saturated heterocycles. The van der Waals surface area contributed by atoms with Crippen LogP contribution in [0.4, 0.5) is 10.5 Å². The van der Waals surface area contributed by atoms with Crippen LogP contribution in [0.1, 0.15) is 17.2 Å². The van der Waals surface area contributed by atoms with Gasteiger partial charge in [-0.3, -0.25) is 4.79 Å². The van der Waals surface area contributed by atoms with E-state index in [0.717, 1.165) is 12.0 Å². The van der Waals surface area contributed by atoms with Gasteiger partial charge in [-0.25, -0.2) is 4.79 Å². The molecule has 0 unspecified atom stereocenters. The molecule has 25 heavy (non-hydrogen) atoms. The zero-order valence-electron chi connectivity index (χ0n) is 13.6. The molecule has 128 valence electrons. The van der Waals surface area contributed by atoms with Crippen molar-refractivity contribution < 1.29 is 9.59 Å². The first-order chi connectivity index (χ1) is 12.1. The molecule has 1 N–H and O–H groups in total. The molecule has 0 radical (unpaired) electrons. The van der Waals surface area contributed by atoms with Gasteiger partial charge in [0.05, 0.1) is 6.04 Å². The largest absolute Gasteiger partial charge is 0.332 e. The second-order valence-electron chi connectivity index (χ2n) is 6.37. The summed E-state index contributed by atoms with van der Waals surface area (Å²) in [6, 6.07) is 14.8. The van der Waals surface area contributed by atoms with Crippen molar-refractivity contribution in [3.63, 3.8) is 0 Å². The van der Waals surface area contributed by atoms with Crippen LogP contribution < -0.4 is 5.32 Å². The zero-order valence-corrected chi connectivity index (χ0v) is 14.4. The number of halogens is 1. The van der Waals surface area contributed by atoms with Crippen molar-refractivity contribution in [2.45, 2.75) is 12.5 Å². The van der Waals surface area contributed by atoms with Gasteiger partial charge in [-0.05, 0) is 41.8 Å². The number of benzene rings is 2. The maximum atomic E-state index is 12.6. The second kappa shape index (κ2) is 6.41. The molecule has 0 bridgehead atoms. The molecule has 5 nitrogen and oxygen atoms in total. The third-order valence-electron chi connectivity index (χ3n) is 4.83. The number of urea groups is 1. The number of anilines is 1. The highest BCUT2D eigenvalue weighted by molar-refractivity contribution is 6.30. The molecule has 2 aromatic carbocycles. The fourth-order valence-corrected chi connectivity index (χ4v) is 3.69. The Hall–Kier alpha value is -2.53. The molecule has 0 saturated carbocycles. The average molecular weight is 356 g/mol. The maximum absolute atomic E-state index is 12.6. The summed E-state index contributed by atoms with van der Waals surface area (Å²) in [6.45, 7) is 1.33. The van der Waals surface area contributed by atoms with Crippen molar-refractivity contribution in [2.75, 3.05) is 25.0 Å². The van der Waals surface area contributed by atoms with Gasteiger partial charge in [0.15, 0.2) is 0 Å². The van der Waals surface area contributed by atoms with Crippen molar-refractivity contribution in [3.05, 3.63) is 64.7 Å². The van der Waals surface area contributed by atoms with E-state index in [1.165, 1.54) is 5.56 Å². The molecular weight excluding hydrogens is 338 g/mol. The zero-order chi connectivity index (χ0) is 17.4. The number of nitrogens with one attached hydrogen (secondary N) is 1. The van der Waals surface area contributed by atoms with Gasteiger partial charge in [-0.1, -0.05) is 35.9 Å². The van der Waals surface area contributed by atoms with E-state index in [1.54, 1.807) is 29.2 Å². The number of hydrogen-bond donors (Lipinski definition) is 1. The molecule has 1 atom stereocenters. The van der Waals surface area contributed by atoms with Gasteiger partial charge < -0.3 is 15.1 Å². The Morgan fingerprint density at radius 2 is 1.88 bits per heavy atom. The third kappa shape index (κ3) is 3.07. The Bertz CT molecular complexity index is 822. The predicted molar refractivity (Wildman–Crippen MR) is 96.6 cm³/mol. The number of amides is 3. The Balaban J connectivity index is 1.54. The van der Waals surface area contributed by atoms with E-state index < -0.39 is 0 Å². The highest BCUT2D eigenvalue weighted by atomic mass is 35.5. The van der Waals surface area contributed by atoms with E-state index in [-0.39, 0.29) is 24.5 Å². The average Bonchev–Trinajstić information content (AvgIpc) is 2.63. The number of carbonyl (C=O) groups excluding carboxylic acids is 2. The van der Waals surface area contributed by atoms with Crippen LogP contribution in [0.3, 0.4) is 0 Å². The van der Waals surface area contributed by atoms with Gasteiger partial charge in [-0.2, -0.15) is 0 Å². The summed E-state index contributed by atoms with van der Waals surface area (Å²) in [6.07, 6.45) is 0.870. The second-order valence-corrected chi connectivity index (χ2v) is 6.81. The summed E-state index contributed by atoms with van der Waals surface area (Å²) in [5.74, 6) is -0.00277. The lowest BCUT2D eigenvalue weighted by Crippen LogP contribution is -2.56. The Morgan fingerprint density at radius 3 is 2.68 bits per heavy atom. The van der Waals surface area contributed by atoms with Gasteiger partial charge in [0.25, 0.3) is 0 Å². The fraction of sp³-hybridized carbons (Fsp3) is 0.263. The van der Waals surface area contributed by atoms with E-state index in [2.05, 4.69) is 17.4 Å². The van der Waals surface area contributed by atoms with Crippen LogP contribution in [0, 0.1) is 0 Å². The first-order valence-electron chi connectivity index (χ1n) is 8.30. The topological polar surface area (TPSA) is 52.7 Å². The van der Waals surface area contributed by atoms with Gasteiger partial charge in [0.2, 0.25) is 5.91 Å². The number of carbonyl (C=O) groups is 2. The standard InChI is InChI=1S/C19H18ClN3O2/c20-14-5-7-15(8-6-14)21-19(25)22-11-17-16-4-2-1-3-13(16)9-10-23(17)18(24)12-22/h1-8,17H,9-12H2,(H,21,25)/t17-/m0/s1. The molecule has 2 aliphatic rings. The molecule has 3 amide bonds. The van der Waals surface area contributed by atoms with Crippen LogP contribution in [-0.2, 0) is 11.2 Å². The lowest BCUT2D eigenvalue weighted by atomic mass is 9.91. The minimum Gasteiger partial charge on any atom is -0.332 e. The van der Waals surface area contributed by atoms with Crippen LogP contribution in [0.25, 0.3) is 0 Å². The van der Waals surface area contributed by atoms with E-state index in [1.807, 2.05) is 17.0 Å². The van der Waals surface area contributed by atoms with Crippen molar-refractivity contribution in [1.82, 2.24) is 9.80 Å². The number of piperazine rings is 1. The van der Waals surface area contributed by atoms with Crippen molar-refractivity contribution in [2.24, 2.45) is 0 Å². The van der Waals surface area contributed by atoms with E-state index in [0.29, 0.717) is 23.8 Å². The molecule has 0 spiro atoms. The van der Waals surface area contributed by atoms with Crippen molar-refractivity contribution in [1.29, 1.82) is 0 Å². The SMILES string of the molecule is O=C(Nc1ccc(Cl)cc1)N1CC(=O)N2CCc3ccccc3[C@@H]2C1. The Kier molecular flexibility index (Phi) is 4.09. The fourth-order valence-electron chi connectivity index (χ4n) is 3.56. The molecule has 0 aromatic heterocycles.